The highest BCUT2D eigenvalue weighted by Crippen LogP contribution is 2.35. The maximum absolute atomic E-state index is 12.2. The number of halogens is 1. The van der Waals surface area contributed by atoms with Gasteiger partial charge in [0.15, 0.2) is 12.2 Å². The number of hydrogen-bond acceptors (Lipinski definition) is 5. The third-order valence-electron chi connectivity index (χ3n) is 4.24. The van der Waals surface area contributed by atoms with Crippen molar-refractivity contribution in [2.45, 2.75) is 19.1 Å². The number of urea groups is 1. The van der Waals surface area contributed by atoms with Gasteiger partial charge in [0.2, 0.25) is 5.96 Å². The number of guanidine groups is 1. The van der Waals surface area contributed by atoms with E-state index in [1.807, 2.05) is 35.1 Å². The van der Waals surface area contributed by atoms with Crippen molar-refractivity contribution in [1.82, 2.24) is 15.1 Å². The van der Waals surface area contributed by atoms with Crippen molar-refractivity contribution in [3.8, 4) is 0 Å². The van der Waals surface area contributed by atoms with Crippen LogP contribution in [0.2, 0.25) is 5.02 Å². The molecule has 0 saturated carbocycles. The number of nitrogens with one attached hydrogen (secondary N) is 1. The number of benzene rings is 1. The summed E-state index contributed by atoms with van der Waals surface area (Å²) in [4.78, 5) is 33.8. The number of amides is 3. The fraction of sp³-hybridized carbons (Fsp3) is 0.267. The number of carbonyl (C=O) groups excluding carboxylic acids is 2. The zero-order valence-electron chi connectivity index (χ0n) is 12.5. The third-order valence-corrected chi connectivity index (χ3v) is 4.49. The van der Waals surface area contributed by atoms with Gasteiger partial charge in [0, 0.05) is 29.7 Å². The van der Waals surface area contributed by atoms with E-state index in [2.05, 4.69) is 10.3 Å². The van der Waals surface area contributed by atoms with Gasteiger partial charge in [-0.3, -0.25) is 15.0 Å². The number of aliphatic imine (C=N–C) groups is 1. The fourth-order valence-corrected chi connectivity index (χ4v) is 3.23. The Bertz CT molecular complexity index is 773. The third kappa shape index (κ3) is 1.93. The number of nitrogens with zero attached hydrogens (tertiary/aromatic N) is 4. The molecule has 1 fully saturated rings. The van der Waals surface area contributed by atoms with Crippen molar-refractivity contribution >= 4 is 35.2 Å². The Morgan fingerprint density at radius 1 is 1.22 bits per heavy atom. The molecular formula is C15H14ClN5O2. The molecule has 0 spiro atoms. The highest BCUT2D eigenvalue weighted by Gasteiger charge is 2.51. The lowest BCUT2D eigenvalue weighted by Gasteiger charge is -2.34. The predicted octanol–water partition coefficient (Wildman–Crippen LogP) is 1.57. The second-order valence-electron chi connectivity index (χ2n) is 5.68. The zero-order valence-corrected chi connectivity index (χ0v) is 13.3. The lowest BCUT2D eigenvalue weighted by atomic mass is 10.1. The van der Waals surface area contributed by atoms with E-state index in [1.165, 1.54) is 4.90 Å². The Morgan fingerprint density at radius 3 is 2.61 bits per heavy atom. The zero-order chi connectivity index (χ0) is 16.3. The van der Waals surface area contributed by atoms with E-state index in [0.717, 1.165) is 11.4 Å². The van der Waals surface area contributed by atoms with Gasteiger partial charge in [-0.25, -0.2) is 9.79 Å². The summed E-state index contributed by atoms with van der Waals surface area (Å²) in [5.74, 6) is 0.301. The maximum Gasteiger partial charge on any atom is 0.325 e. The van der Waals surface area contributed by atoms with E-state index in [1.54, 1.807) is 19.2 Å². The van der Waals surface area contributed by atoms with Crippen LogP contribution in [-0.2, 0) is 4.79 Å². The first-order valence-corrected chi connectivity index (χ1v) is 7.53. The van der Waals surface area contributed by atoms with Gasteiger partial charge in [-0.1, -0.05) is 11.6 Å². The first-order chi connectivity index (χ1) is 11.0. The summed E-state index contributed by atoms with van der Waals surface area (Å²) in [6.07, 6.45) is 1.35. The molecule has 2 atom stereocenters. The average molecular weight is 332 g/mol. The lowest BCUT2D eigenvalue weighted by molar-refractivity contribution is -0.126. The summed E-state index contributed by atoms with van der Waals surface area (Å²) in [6, 6.07) is 6.42. The van der Waals surface area contributed by atoms with Crippen LogP contribution in [0.3, 0.4) is 0 Å². The molecule has 3 heterocycles. The number of anilines is 1. The van der Waals surface area contributed by atoms with E-state index in [-0.39, 0.29) is 5.91 Å². The van der Waals surface area contributed by atoms with Gasteiger partial charge in [-0.05, 0) is 31.2 Å². The molecule has 4 rings (SSSR count). The van der Waals surface area contributed by atoms with Crippen LogP contribution in [0.25, 0.3) is 0 Å². The van der Waals surface area contributed by atoms with Crippen LogP contribution < -0.4 is 10.2 Å². The average Bonchev–Trinajstić information content (AvgIpc) is 3.01. The minimum atomic E-state index is -0.542. The molecule has 118 valence electrons. The van der Waals surface area contributed by atoms with Crippen LogP contribution in [0, 0.1) is 0 Å². The second kappa shape index (κ2) is 4.73. The van der Waals surface area contributed by atoms with Crippen molar-refractivity contribution in [2.24, 2.45) is 4.99 Å². The van der Waals surface area contributed by atoms with Gasteiger partial charge in [0.1, 0.15) is 0 Å². The van der Waals surface area contributed by atoms with E-state index in [9.17, 15) is 9.59 Å². The van der Waals surface area contributed by atoms with E-state index in [0.29, 0.717) is 11.0 Å². The molecule has 3 aliphatic rings. The van der Waals surface area contributed by atoms with Gasteiger partial charge in [-0.2, -0.15) is 0 Å². The Morgan fingerprint density at radius 2 is 1.91 bits per heavy atom. The number of hydrogen-bond donors (Lipinski definition) is 1. The number of likely N-dealkylation sites (N-methyl/N-ethyl adjacent to an activating group) is 1. The molecule has 3 amide bonds. The van der Waals surface area contributed by atoms with Crippen LogP contribution >= 0.6 is 11.6 Å². The van der Waals surface area contributed by atoms with Crippen LogP contribution in [0.5, 0.6) is 0 Å². The lowest BCUT2D eigenvalue weighted by Crippen LogP contribution is -2.62. The van der Waals surface area contributed by atoms with Crippen molar-refractivity contribution in [3.05, 3.63) is 41.2 Å². The Labute approximate surface area is 137 Å². The molecule has 1 aromatic carbocycles. The normalized spacial score (nSPS) is 26.0. The number of imide groups is 1. The summed E-state index contributed by atoms with van der Waals surface area (Å²) in [7, 11) is 1.63. The molecule has 0 aliphatic carbocycles. The largest absolute Gasteiger partial charge is 0.325 e. The van der Waals surface area contributed by atoms with Crippen LogP contribution in [0.1, 0.15) is 6.92 Å². The van der Waals surface area contributed by atoms with Crippen molar-refractivity contribution < 1.29 is 9.59 Å². The first-order valence-electron chi connectivity index (χ1n) is 7.15. The van der Waals surface area contributed by atoms with Crippen LogP contribution in [-0.4, -0.2) is 47.0 Å². The monoisotopic (exact) mass is 331 g/mol. The Hall–Kier alpha value is -2.54. The number of carbonyl (C=O) groups is 2. The molecule has 7 nitrogen and oxygen atoms in total. The molecule has 8 heteroatoms. The van der Waals surface area contributed by atoms with E-state index >= 15 is 0 Å². The quantitative estimate of drug-likeness (QED) is 0.848. The van der Waals surface area contributed by atoms with Crippen LogP contribution in [0.15, 0.2) is 41.2 Å². The highest BCUT2D eigenvalue weighted by molar-refractivity contribution is 6.30. The van der Waals surface area contributed by atoms with Crippen LogP contribution in [0.4, 0.5) is 10.5 Å². The minimum absolute atomic E-state index is 0.334. The Balaban J connectivity index is 1.75. The van der Waals surface area contributed by atoms with Gasteiger partial charge >= 0.3 is 6.03 Å². The van der Waals surface area contributed by atoms with Crippen molar-refractivity contribution in [1.29, 1.82) is 0 Å². The summed E-state index contributed by atoms with van der Waals surface area (Å²) in [5, 5.41) is 3.01. The minimum Gasteiger partial charge on any atom is -0.303 e. The summed E-state index contributed by atoms with van der Waals surface area (Å²) >= 11 is 5.95. The summed E-state index contributed by atoms with van der Waals surface area (Å²) in [6.45, 7) is 1.94. The van der Waals surface area contributed by atoms with E-state index < -0.39 is 18.2 Å². The topological polar surface area (TPSA) is 68.2 Å². The predicted molar refractivity (Wildman–Crippen MR) is 85.8 cm³/mol. The van der Waals surface area contributed by atoms with Gasteiger partial charge < -0.3 is 9.80 Å². The summed E-state index contributed by atoms with van der Waals surface area (Å²) in [5.41, 5.74) is 1.84. The number of fused-ring (bicyclic) bond motifs is 3. The number of rotatable bonds is 1. The number of allylic oxidation sites excluding steroid dienone is 1. The summed E-state index contributed by atoms with van der Waals surface area (Å²) < 4.78 is 0. The molecule has 0 aromatic heterocycles. The second-order valence-corrected chi connectivity index (χ2v) is 6.12. The fourth-order valence-electron chi connectivity index (χ4n) is 3.11. The molecule has 3 aliphatic heterocycles. The molecule has 0 radical (unpaired) electrons. The van der Waals surface area contributed by atoms with Crippen molar-refractivity contribution in [3.63, 3.8) is 0 Å². The van der Waals surface area contributed by atoms with Gasteiger partial charge in [0.05, 0.1) is 0 Å². The van der Waals surface area contributed by atoms with Gasteiger partial charge in [-0.15, -0.1) is 0 Å². The molecule has 0 bridgehead atoms. The first kappa shape index (κ1) is 14.1. The smallest absolute Gasteiger partial charge is 0.303 e. The molecule has 1 aromatic rings. The van der Waals surface area contributed by atoms with Gasteiger partial charge in [0.25, 0.3) is 5.91 Å². The molecule has 1 N–H and O–H groups in total. The standard InChI is InChI=1S/C15H14ClN5O2/c1-8-7-20-11-12(19(2)15(23)18-13(11)22)17-14(20)21(8)10-5-3-9(16)4-6-10/h3-7,11-12H,1-2H3,(H,18,22,23). The maximum atomic E-state index is 12.2. The molecular weight excluding hydrogens is 318 g/mol. The van der Waals surface area contributed by atoms with E-state index in [4.69, 9.17) is 11.6 Å². The molecule has 2 unspecified atom stereocenters. The molecule has 23 heavy (non-hydrogen) atoms. The SMILES string of the molecule is CC1=CN2C(=NC3C2C(=O)NC(=O)N3C)N1c1ccc(Cl)cc1. The molecule has 1 saturated heterocycles. The Kier molecular flexibility index (Phi) is 2.89. The van der Waals surface area contributed by atoms with Crippen molar-refractivity contribution in [2.75, 3.05) is 11.9 Å². The highest BCUT2D eigenvalue weighted by atomic mass is 35.5.